The number of aliphatic carboxylic acids is 1. The molecule has 2 atom stereocenters. The third-order valence-electron chi connectivity index (χ3n) is 3.75. The van der Waals surface area contributed by atoms with E-state index in [1.165, 1.54) is 0 Å². The van der Waals surface area contributed by atoms with Crippen LogP contribution in [-0.4, -0.2) is 54.2 Å². The van der Waals surface area contributed by atoms with Crippen LogP contribution in [0, 0.1) is 5.92 Å². The molecule has 0 saturated carbocycles. The minimum absolute atomic E-state index is 0.143. The molecular weight excluding hydrogens is 258 g/mol. The van der Waals surface area contributed by atoms with Gasteiger partial charge in [0.2, 0.25) is 0 Å². The molecule has 1 aliphatic rings. The number of amides is 2. The quantitative estimate of drug-likeness (QED) is 0.658. The van der Waals surface area contributed by atoms with E-state index in [1.807, 2.05) is 6.92 Å². The van der Waals surface area contributed by atoms with Gasteiger partial charge in [-0.3, -0.25) is 4.79 Å². The zero-order valence-electron chi connectivity index (χ0n) is 12.5. The summed E-state index contributed by atoms with van der Waals surface area (Å²) in [6.45, 7) is 7.64. The summed E-state index contributed by atoms with van der Waals surface area (Å²) in [4.78, 5) is 24.6. The number of likely N-dealkylation sites (N-methyl/N-ethyl adjacent to an activating group) is 1. The summed E-state index contributed by atoms with van der Waals surface area (Å²) in [7, 11) is 0. The highest BCUT2D eigenvalue weighted by molar-refractivity contribution is 5.74. The van der Waals surface area contributed by atoms with E-state index < -0.39 is 5.97 Å². The number of hydrogen-bond donors (Lipinski definition) is 3. The molecule has 2 unspecified atom stereocenters. The molecule has 0 aromatic carbocycles. The van der Waals surface area contributed by atoms with E-state index in [0.717, 1.165) is 32.5 Å². The van der Waals surface area contributed by atoms with Crippen molar-refractivity contribution >= 4 is 12.0 Å². The molecule has 0 bridgehead atoms. The van der Waals surface area contributed by atoms with Gasteiger partial charge >= 0.3 is 12.0 Å². The molecule has 1 heterocycles. The van der Waals surface area contributed by atoms with Crippen molar-refractivity contribution in [3.8, 4) is 0 Å². The van der Waals surface area contributed by atoms with Crippen LogP contribution >= 0.6 is 0 Å². The monoisotopic (exact) mass is 285 g/mol. The van der Waals surface area contributed by atoms with Crippen molar-refractivity contribution < 1.29 is 14.7 Å². The van der Waals surface area contributed by atoms with Crippen molar-refractivity contribution in [1.82, 2.24) is 15.5 Å². The third-order valence-corrected chi connectivity index (χ3v) is 3.75. The summed E-state index contributed by atoms with van der Waals surface area (Å²) in [6.07, 6.45) is 2.88. The molecule has 0 aromatic heterocycles. The van der Waals surface area contributed by atoms with E-state index in [0.29, 0.717) is 13.0 Å². The molecule has 1 aliphatic heterocycles. The third kappa shape index (κ3) is 6.75. The molecule has 0 aliphatic carbocycles. The zero-order valence-corrected chi connectivity index (χ0v) is 12.5. The van der Waals surface area contributed by atoms with Crippen LogP contribution in [0.5, 0.6) is 0 Å². The van der Waals surface area contributed by atoms with Crippen LogP contribution in [0.2, 0.25) is 0 Å². The highest BCUT2D eigenvalue weighted by Crippen LogP contribution is 2.09. The molecule has 20 heavy (non-hydrogen) atoms. The molecule has 116 valence electrons. The standard InChI is InChI=1S/C14H27N3O3/c1-3-17-8-4-5-12(10-17)16-14(20)15-9-11(2)6-7-13(18)19/h11-12H,3-10H2,1-2H3,(H,18,19)(H2,15,16,20). The van der Waals surface area contributed by atoms with Crippen LogP contribution in [0.1, 0.15) is 39.5 Å². The van der Waals surface area contributed by atoms with Gasteiger partial charge in [-0.2, -0.15) is 0 Å². The van der Waals surface area contributed by atoms with Crippen molar-refractivity contribution in [3.63, 3.8) is 0 Å². The molecule has 0 radical (unpaired) electrons. The minimum Gasteiger partial charge on any atom is -0.481 e. The van der Waals surface area contributed by atoms with E-state index in [9.17, 15) is 9.59 Å². The van der Waals surface area contributed by atoms with Crippen LogP contribution in [-0.2, 0) is 4.79 Å². The summed E-state index contributed by atoms with van der Waals surface area (Å²) in [5.74, 6) is -0.612. The van der Waals surface area contributed by atoms with E-state index >= 15 is 0 Å². The van der Waals surface area contributed by atoms with Crippen molar-refractivity contribution in [2.24, 2.45) is 5.92 Å². The Hall–Kier alpha value is -1.30. The predicted octanol–water partition coefficient (Wildman–Crippen LogP) is 1.27. The molecule has 6 heteroatoms. The maximum Gasteiger partial charge on any atom is 0.315 e. The van der Waals surface area contributed by atoms with E-state index in [4.69, 9.17) is 5.11 Å². The van der Waals surface area contributed by atoms with Gasteiger partial charge in [0.1, 0.15) is 0 Å². The van der Waals surface area contributed by atoms with Gasteiger partial charge in [0, 0.05) is 25.6 Å². The van der Waals surface area contributed by atoms with Crippen LogP contribution in [0.4, 0.5) is 4.79 Å². The Labute approximate surface area is 120 Å². The fourth-order valence-corrected chi connectivity index (χ4v) is 2.44. The lowest BCUT2D eigenvalue weighted by Crippen LogP contribution is -2.50. The number of likely N-dealkylation sites (tertiary alicyclic amines) is 1. The van der Waals surface area contributed by atoms with Crippen LogP contribution in [0.3, 0.4) is 0 Å². The molecule has 1 fully saturated rings. The van der Waals surface area contributed by atoms with Gasteiger partial charge < -0.3 is 20.6 Å². The first-order valence-electron chi connectivity index (χ1n) is 7.49. The Morgan fingerprint density at radius 1 is 1.45 bits per heavy atom. The lowest BCUT2D eigenvalue weighted by atomic mass is 10.1. The summed E-state index contributed by atoms with van der Waals surface area (Å²) >= 11 is 0. The minimum atomic E-state index is -0.789. The molecule has 1 saturated heterocycles. The summed E-state index contributed by atoms with van der Waals surface area (Å²) in [5, 5.41) is 14.4. The first-order valence-corrected chi connectivity index (χ1v) is 7.49. The van der Waals surface area contributed by atoms with Gasteiger partial charge in [0.25, 0.3) is 0 Å². The number of carboxylic acids is 1. The van der Waals surface area contributed by atoms with Gasteiger partial charge in [-0.05, 0) is 38.3 Å². The maximum absolute atomic E-state index is 11.8. The highest BCUT2D eigenvalue weighted by Gasteiger charge is 2.20. The maximum atomic E-state index is 11.8. The number of carbonyl (C=O) groups excluding carboxylic acids is 1. The number of carboxylic acid groups (broad SMARTS) is 1. The Morgan fingerprint density at radius 2 is 2.20 bits per heavy atom. The topological polar surface area (TPSA) is 81.7 Å². The fourth-order valence-electron chi connectivity index (χ4n) is 2.44. The number of rotatable bonds is 7. The summed E-state index contributed by atoms with van der Waals surface area (Å²) < 4.78 is 0. The van der Waals surface area contributed by atoms with Crippen LogP contribution < -0.4 is 10.6 Å². The van der Waals surface area contributed by atoms with Crippen molar-refractivity contribution in [2.45, 2.75) is 45.6 Å². The van der Waals surface area contributed by atoms with E-state index in [2.05, 4.69) is 22.5 Å². The number of piperidine rings is 1. The normalized spacial score (nSPS) is 21.2. The number of urea groups is 1. The van der Waals surface area contributed by atoms with E-state index in [-0.39, 0.29) is 24.4 Å². The smallest absolute Gasteiger partial charge is 0.315 e. The first-order chi connectivity index (χ1) is 9.51. The molecule has 0 aromatic rings. The average Bonchev–Trinajstić information content (AvgIpc) is 2.43. The Kier molecular flexibility index (Phi) is 7.36. The molecule has 1 rings (SSSR count). The number of carbonyl (C=O) groups is 2. The molecule has 0 spiro atoms. The lowest BCUT2D eigenvalue weighted by molar-refractivity contribution is -0.137. The van der Waals surface area contributed by atoms with Crippen molar-refractivity contribution in [3.05, 3.63) is 0 Å². The molecule has 6 nitrogen and oxygen atoms in total. The lowest BCUT2D eigenvalue weighted by Gasteiger charge is -2.32. The number of nitrogens with zero attached hydrogens (tertiary/aromatic N) is 1. The summed E-state index contributed by atoms with van der Waals surface area (Å²) in [6, 6.07) is 0.0770. The second kappa shape index (κ2) is 8.79. The zero-order chi connectivity index (χ0) is 15.0. The predicted molar refractivity (Wildman–Crippen MR) is 77.7 cm³/mol. The Balaban J connectivity index is 2.17. The van der Waals surface area contributed by atoms with Crippen molar-refractivity contribution in [2.75, 3.05) is 26.2 Å². The van der Waals surface area contributed by atoms with Crippen molar-refractivity contribution in [1.29, 1.82) is 0 Å². The Bertz CT molecular complexity index is 323. The van der Waals surface area contributed by atoms with E-state index in [1.54, 1.807) is 0 Å². The highest BCUT2D eigenvalue weighted by atomic mass is 16.4. The molecular formula is C14H27N3O3. The second-order valence-corrected chi connectivity index (χ2v) is 5.62. The SMILES string of the molecule is CCN1CCCC(NC(=O)NCC(C)CCC(=O)O)C1. The largest absolute Gasteiger partial charge is 0.481 e. The van der Waals surface area contributed by atoms with Gasteiger partial charge in [-0.1, -0.05) is 13.8 Å². The number of nitrogens with one attached hydrogen (secondary N) is 2. The second-order valence-electron chi connectivity index (χ2n) is 5.62. The molecule has 3 N–H and O–H groups in total. The Morgan fingerprint density at radius 3 is 2.85 bits per heavy atom. The van der Waals surface area contributed by atoms with Gasteiger partial charge in [0.15, 0.2) is 0 Å². The summed E-state index contributed by atoms with van der Waals surface area (Å²) in [5.41, 5.74) is 0. The molecule has 2 amide bonds. The number of hydrogen-bond acceptors (Lipinski definition) is 3. The average molecular weight is 285 g/mol. The van der Waals surface area contributed by atoms with Crippen LogP contribution in [0.15, 0.2) is 0 Å². The first kappa shape index (κ1) is 16.8. The fraction of sp³-hybridized carbons (Fsp3) is 0.857. The van der Waals surface area contributed by atoms with Gasteiger partial charge in [-0.25, -0.2) is 4.79 Å². The van der Waals surface area contributed by atoms with Gasteiger partial charge in [0.05, 0.1) is 0 Å². The van der Waals surface area contributed by atoms with Gasteiger partial charge in [-0.15, -0.1) is 0 Å². The van der Waals surface area contributed by atoms with Crippen LogP contribution in [0.25, 0.3) is 0 Å².